The van der Waals surface area contributed by atoms with Crippen LogP contribution in [0.5, 0.6) is 11.5 Å². The molecule has 4 nitrogen and oxygen atoms in total. The van der Waals surface area contributed by atoms with Gasteiger partial charge in [-0.2, -0.15) is 0 Å². The summed E-state index contributed by atoms with van der Waals surface area (Å²) in [7, 11) is 1.66. The van der Waals surface area contributed by atoms with Gasteiger partial charge in [0.25, 0.3) is 0 Å². The van der Waals surface area contributed by atoms with Crippen LogP contribution in [0.4, 0.5) is 0 Å². The van der Waals surface area contributed by atoms with Crippen molar-refractivity contribution >= 4 is 5.91 Å². The van der Waals surface area contributed by atoms with Gasteiger partial charge in [0.05, 0.1) is 12.6 Å². The third kappa shape index (κ3) is 1.64. The summed E-state index contributed by atoms with van der Waals surface area (Å²) in [5.74, 6) is 1.82. The van der Waals surface area contributed by atoms with E-state index in [-0.39, 0.29) is 11.4 Å². The largest absolute Gasteiger partial charge is 0.496 e. The first-order chi connectivity index (χ1) is 8.22. The topological polar surface area (TPSA) is 47.6 Å². The molecule has 1 saturated heterocycles. The third-order valence-corrected chi connectivity index (χ3v) is 3.56. The van der Waals surface area contributed by atoms with Gasteiger partial charge in [0.2, 0.25) is 5.91 Å². The van der Waals surface area contributed by atoms with Crippen molar-refractivity contribution in [1.29, 1.82) is 0 Å². The molecule has 0 radical (unpaired) electrons. The lowest BCUT2D eigenvalue weighted by molar-refractivity contribution is -0.120. The van der Waals surface area contributed by atoms with Crippen molar-refractivity contribution in [3.8, 4) is 11.5 Å². The predicted octanol–water partition coefficient (Wildman–Crippen LogP) is 1.28. The normalized spacial score (nSPS) is 26.3. The summed E-state index contributed by atoms with van der Waals surface area (Å²) < 4.78 is 11.1. The van der Waals surface area contributed by atoms with Gasteiger partial charge >= 0.3 is 0 Å². The van der Waals surface area contributed by atoms with Gasteiger partial charge in [-0.05, 0) is 18.6 Å². The minimum atomic E-state index is -0.223. The highest BCUT2D eigenvalue weighted by Gasteiger charge is 2.42. The van der Waals surface area contributed by atoms with E-state index in [2.05, 4.69) is 5.32 Å². The number of hydrogen-bond donors (Lipinski definition) is 1. The maximum atomic E-state index is 11.4. The van der Waals surface area contributed by atoms with Crippen LogP contribution in [0.3, 0.4) is 0 Å². The van der Waals surface area contributed by atoms with Crippen molar-refractivity contribution in [3.63, 3.8) is 0 Å². The van der Waals surface area contributed by atoms with Gasteiger partial charge in [-0.25, -0.2) is 0 Å². The number of rotatable bonds is 1. The highest BCUT2D eigenvalue weighted by molar-refractivity contribution is 5.79. The van der Waals surface area contributed by atoms with Crippen LogP contribution in [-0.4, -0.2) is 25.2 Å². The van der Waals surface area contributed by atoms with Crippen LogP contribution >= 0.6 is 0 Å². The van der Waals surface area contributed by atoms with E-state index >= 15 is 0 Å². The van der Waals surface area contributed by atoms with E-state index in [0.29, 0.717) is 13.0 Å². The first kappa shape index (κ1) is 10.4. The standard InChI is InChI=1S/C13H15NO3/c1-16-10-3-2-4-11-9(10)7-13(8-17-11)6-5-12(15)14-13/h2-4H,5-8H2,1H3,(H,14,15)/t13-/m1/s1. The molecule has 1 amide bonds. The molecular formula is C13H15NO3. The summed E-state index contributed by atoms with van der Waals surface area (Å²) in [4.78, 5) is 11.4. The van der Waals surface area contributed by atoms with Gasteiger partial charge in [0.15, 0.2) is 0 Å². The van der Waals surface area contributed by atoms with E-state index in [1.807, 2.05) is 18.2 Å². The third-order valence-electron chi connectivity index (χ3n) is 3.56. The number of hydrogen-bond acceptors (Lipinski definition) is 3. The van der Waals surface area contributed by atoms with Gasteiger partial charge in [-0.1, -0.05) is 6.07 Å². The van der Waals surface area contributed by atoms with Crippen molar-refractivity contribution in [3.05, 3.63) is 23.8 Å². The van der Waals surface area contributed by atoms with Crippen LogP contribution in [0.15, 0.2) is 18.2 Å². The molecule has 1 N–H and O–H groups in total. The first-order valence-corrected chi connectivity index (χ1v) is 5.82. The summed E-state index contributed by atoms with van der Waals surface area (Å²) in [5.41, 5.74) is 0.835. The number of methoxy groups -OCH3 is 1. The van der Waals surface area contributed by atoms with Crippen LogP contribution in [0.2, 0.25) is 0 Å². The van der Waals surface area contributed by atoms with Gasteiger partial charge in [-0.3, -0.25) is 4.79 Å². The Bertz CT molecular complexity index is 457. The second-order valence-corrected chi connectivity index (χ2v) is 4.73. The van der Waals surface area contributed by atoms with Crippen LogP contribution in [0.25, 0.3) is 0 Å². The van der Waals surface area contributed by atoms with Crippen molar-refractivity contribution in [1.82, 2.24) is 5.32 Å². The molecule has 90 valence electrons. The highest BCUT2D eigenvalue weighted by atomic mass is 16.5. The Morgan fingerprint density at radius 1 is 1.47 bits per heavy atom. The lowest BCUT2D eigenvalue weighted by Gasteiger charge is -2.35. The van der Waals surface area contributed by atoms with E-state index in [1.54, 1.807) is 7.11 Å². The molecule has 1 spiro atoms. The zero-order chi connectivity index (χ0) is 11.9. The molecule has 1 atom stereocenters. The molecule has 17 heavy (non-hydrogen) atoms. The molecule has 2 aliphatic rings. The van der Waals surface area contributed by atoms with Gasteiger partial charge < -0.3 is 14.8 Å². The second kappa shape index (κ2) is 3.65. The molecule has 0 unspecified atom stereocenters. The Kier molecular flexibility index (Phi) is 2.24. The first-order valence-electron chi connectivity index (χ1n) is 5.82. The molecule has 1 aromatic carbocycles. The highest BCUT2D eigenvalue weighted by Crippen LogP contribution is 2.38. The number of ether oxygens (including phenoxy) is 2. The van der Waals surface area contributed by atoms with Crippen molar-refractivity contribution in [2.75, 3.05) is 13.7 Å². The number of fused-ring (bicyclic) bond motifs is 1. The molecule has 3 rings (SSSR count). The molecule has 0 aliphatic carbocycles. The Morgan fingerprint density at radius 3 is 3.06 bits per heavy atom. The van der Waals surface area contributed by atoms with E-state index in [9.17, 15) is 4.79 Å². The van der Waals surface area contributed by atoms with Crippen LogP contribution < -0.4 is 14.8 Å². The summed E-state index contributed by atoms with van der Waals surface area (Å²) in [6.45, 7) is 0.554. The van der Waals surface area contributed by atoms with E-state index in [0.717, 1.165) is 29.9 Å². The number of amides is 1. The predicted molar refractivity (Wildman–Crippen MR) is 62.3 cm³/mol. The molecule has 1 aromatic rings. The number of carbonyl (C=O) groups excluding carboxylic acids is 1. The number of carbonyl (C=O) groups is 1. The number of nitrogens with one attached hydrogen (secondary N) is 1. The summed E-state index contributed by atoms with van der Waals surface area (Å²) in [6, 6.07) is 5.79. The summed E-state index contributed by atoms with van der Waals surface area (Å²) >= 11 is 0. The smallest absolute Gasteiger partial charge is 0.220 e. The van der Waals surface area contributed by atoms with Crippen molar-refractivity contribution < 1.29 is 14.3 Å². The van der Waals surface area contributed by atoms with Crippen LogP contribution in [-0.2, 0) is 11.2 Å². The molecule has 2 heterocycles. The van der Waals surface area contributed by atoms with Gasteiger partial charge in [0, 0.05) is 18.4 Å². The maximum Gasteiger partial charge on any atom is 0.220 e. The lowest BCUT2D eigenvalue weighted by Crippen LogP contribution is -2.50. The summed E-state index contributed by atoms with van der Waals surface area (Å²) in [5, 5.41) is 3.04. The average molecular weight is 233 g/mol. The van der Waals surface area contributed by atoms with Crippen molar-refractivity contribution in [2.45, 2.75) is 24.8 Å². The van der Waals surface area contributed by atoms with Gasteiger partial charge in [0.1, 0.15) is 18.1 Å². The Balaban J connectivity index is 1.96. The summed E-state index contributed by atoms with van der Waals surface area (Å²) in [6.07, 6.45) is 2.22. The van der Waals surface area contributed by atoms with Crippen LogP contribution in [0, 0.1) is 0 Å². The average Bonchev–Trinajstić information content (AvgIpc) is 2.70. The lowest BCUT2D eigenvalue weighted by atomic mass is 9.87. The molecule has 1 fully saturated rings. The van der Waals surface area contributed by atoms with E-state index < -0.39 is 0 Å². The zero-order valence-electron chi connectivity index (χ0n) is 9.79. The molecule has 0 bridgehead atoms. The molecule has 0 aromatic heterocycles. The molecule has 0 saturated carbocycles. The monoisotopic (exact) mass is 233 g/mol. The molecule has 4 heteroatoms. The maximum absolute atomic E-state index is 11.4. The Hall–Kier alpha value is -1.71. The Labute approximate surface area is 99.9 Å². The zero-order valence-corrected chi connectivity index (χ0v) is 9.79. The molecule has 2 aliphatic heterocycles. The Morgan fingerprint density at radius 2 is 2.35 bits per heavy atom. The fraction of sp³-hybridized carbons (Fsp3) is 0.462. The fourth-order valence-electron chi connectivity index (χ4n) is 2.67. The minimum absolute atomic E-state index is 0.118. The SMILES string of the molecule is COc1cccc2c1C[C@]1(CCC(=O)N1)CO2. The quantitative estimate of drug-likeness (QED) is 0.794. The van der Waals surface area contributed by atoms with Crippen LogP contribution in [0.1, 0.15) is 18.4 Å². The van der Waals surface area contributed by atoms with E-state index in [4.69, 9.17) is 9.47 Å². The minimum Gasteiger partial charge on any atom is -0.496 e. The molecular weight excluding hydrogens is 218 g/mol. The van der Waals surface area contributed by atoms with Gasteiger partial charge in [-0.15, -0.1) is 0 Å². The van der Waals surface area contributed by atoms with Crippen molar-refractivity contribution in [2.24, 2.45) is 0 Å². The second-order valence-electron chi connectivity index (χ2n) is 4.73. The number of benzene rings is 1. The van der Waals surface area contributed by atoms with E-state index in [1.165, 1.54) is 0 Å². The fourth-order valence-corrected chi connectivity index (χ4v) is 2.67.